The molecule has 7 rings (SSSR count). The Hall–Kier alpha value is -4.04. The molecule has 3 aromatic rings. The Balaban J connectivity index is 1.03. The quantitative estimate of drug-likeness (QED) is 0.457. The van der Waals surface area contributed by atoms with Crippen molar-refractivity contribution in [2.45, 2.75) is 58.0 Å². The number of imide groups is 1. The van der Waals surface area contributed by atoms with E-state index in [1.807, 2.05) is 24.3 Å². The zero-order chi connectivity index (χ0) is 29.0. The zero-order valence-corrected chi connectivity index (χ0v) is 24.0. The fourth-order valence-electron chi connectivity index (χ4n) is 7.11. The molecular formula is C34H36N4O4. The van der Waals surface area contributed by atoms with Crippen molar-refractivity contribution in [3.63, 3.8) is 0 Å². The Morgan fingerprint density at radius 3 is 2.36 bits per heavy atom. The van der Waals surface area contributed by atoms with Gasteiger partial charge in [0.2, 0.25) is 17.7 Å². The molecular weight excluding hydrogens is 528 g/mol. The molecule has 4 aliphatic rings. The molecule has 3 fully saturated rings. The standard InChI is InChI=1S/C34H36N4O4/c1-34(14-3-15-34)33(42)37-18-16-36(17-19-37)21-23-8-6-22(7-9-23)20-24-10-11-27-30-25(24)4-2-5-26(30)32(41)38(27)28-12-13-29(39)35-31(28)40/h2,4-11,28H,3,12-21H2,1H3,(H,35,39,40). The van der Waals surface area contributed by atoms with Crippen molar-refractivity contribution in [1.82, 2.24) is 15.1 Å². The Bertz CT molecular complexity index is 1600. The lowest BCUT2D eigenvalue weighted by molar-refractivity contribution is -0.148. The Morgan fingerprint density at radius 1 is 0.929 bits per heavy atom. The van der Waals surface area contributed by atoms with E-state index in [0.29, 0.717) is 17.9 Å². The largest absolute Gasteiger partial charge is 0.340 e. The summed E-state index contributed by atoms with van der Waals surface area (Å²) in [6, 6.07) is 17.8. The number of carbonyl (C=O) groups is 4. The van der Waals surface area contributed by atoms with Gasteiger partial charge in [-0.05, 0) is 59.9 Å². The summed E-state index contributed by atoms with van der Waals surface area (Å²) in [5, 5.41) is 4.28. The lowest BCUT2D eigenvalue weighted by Crippen LogP contribution is -2.53. The van der Waals surface area contributed by atoms with Crippen molar-refractivity contribution in [2.24, 2.45) is 5.41 Å². The lowest BCUT2D eigenvalue weighted by Gasteiger charge is -2.43. The van der Waals surface area contributed by atoms with E-state index in [0.717, 1.165) is 74.0 Å². The Morgan fingerprint density at radius 2 is 1.67 bits per heavy atom. The fourth-order valence-corrected chi connectivity index (χ4v) is 7.11. The van der Waals surface area contributed by atoms with Crippen LogP contribution in [0.5, 0.6) is 0 Å². The van der Waals surface area contributed by atoms with Gasteiger partial charge in [0, 0.05) is 55.5 Å². The van der Waals surface area contributed by atoms with Gasteiger partial charge in [-0.1, -0.05) is 55.8 Å². The second-order valence-electron chi connectivity index (χ2n) is 12.6. The van der Waals surface area contributed by atoms with Gasteiger partial charge in [-0.25, -0.2) is 0 Å². The molecule has 42 heavy (non-hydrogen) atoms. The first-order chi connectivity index (χ1) is 20.3. The second-order valence-corrected chi connectivity index (χ2v) is 12.6. The van der Waals surface area contributed by atoms with Gasteiger partial charge < -0.3 is 4.90 Å². The number of amides is 4. The molecule has 4 amide bonds. The number of piperazine rings is 1. The molecule has 1 aliphatic carbocycles. The van der Waals surface area contributed by atoms with Crippen molar-refractivity contribution in [1.29, 1.82) is 0 Å². The minimum absolute atomic E-state index is 0.120. The number of anilines is 1. The number of nitrogens with one attached hydrogen (secondary N) is 1. The smallest absolute Gasteiger partial charge is 0.259 e. The van der Waals surface area contributed by atoms with Crippen LogP contribution in [-0.4, -0.2) is 65.6 Å². The van der Waals surface area contributed by atoms with E-state index in [2.05, 4.69) is 52.4 Å². The molecule has 0 aromatic heterocycles. The van der Waals surface area contributed by atoms with E-state index in [4.69, 9.17) is 0 Å². The number of hydrogen-bond acceptors (Lipinski definition) is 5. The molecule has 2 saturated heterocycles. The highest BCUT2D eigenvalue weighted by Crippen LogP contribution is 2.43. The molecule has 216 valence electrons. The topological polar surface area (TPSA) is 90.0 Å². The molecule has 1 unspecified atom stereocenters. The van der Waals surface area contributed by atoms with Crippen molar-refractivity contribution in [3.05, 3.63) is 76.9 Å². The SMILES string of the molecule is CC1(C(=O)N2CCN(Cc3ccc(Cc4ccc5c6c(cccc46)C(=O)N5C4CCC(=O)NC4=O)cc3)CC2)CCC1. The highest BCUT2D eigenvalue weighted by atomic mass is 16.2. The average molecular weight is 565 g/mol. The summed E-state index contributed by atoms with van der Waals surface area (Å²) < 4.78 is 0. The Kier molecular flexibility index (Phi) is 6.61. The van der Waals surface area contributed by atoms with Gasteiger partial charge >= 0.3 is 0 Å². The van der Waals surface area contributed by atoms with E-state index in [-0.39, 0.29) is 23.7 Å². The van der Waals surface area contributed by atoms with Crippen LogP contribution >= 0.6 is 0 Å². The van der Waals surface area contributed by atoms with E-state index in [9.17, 15) is 19.2 Å². The van der Waals surface area contributed by atoms with Crippen LogP contribution in [0.4, 0.5) is 5.69 Å². The first-order valence-corrected chi connectivity index (χ1v) is 15.1. The normalized spacial score (nSPS) is 21.9. The first kappa shape index (κ1) is 26.8. The molecule has 0 spiro atoms. The fraction of sp³-hybridized carbons (Fsp3) is 0.412. The van der Waals surface area contributed by atoms with Gasteiger partial charge in [0.15, 0.2) is 0 Å². The van der Waals surface area contributed by atoms with E-state index in [1.54, 1.807) is 4.90 Å². The summed E-state index contributed by atoms with van der Waals surface area (Å²) in [7, 11) is 0. The van der Waals surface area contributed by atoms with E-state index in [1.165, 1.54) is 17.5 Å². The third-order valence-electron chi connectivity index (χ3n) is 9.80. The van der Waals surface area contributed by atoms with Gasteiger partial charge in [-0.2, -0.15) is 0 Å². The third-order valence-corrected chi connectivity index (χ3v) is 9.80. The molecule has 1 N–H and O–H groups in total. The maximum Gasteiger partial charge on any atom is 0.259 e. The number of rotatable bonds is 6. The van der Waals surface area contributed by atoms with Crippen LogP contribution in [0.25, 0.3) is 10.8 Å². The van der Waals surface area contributed by atoms with Crippen molar-refractivity contribution >= 4 is 40.1 Å². The molecule has 1 atom stereocenters. The van der Waals surface area contributed by atoms with Gasteiger partial charge in [0.05, 0.1) is 5.69 Å². The van der Waals surface area contributed by atoms with Crippen LogP contribution in [-0.2, 0) is 27.3 Å². The van der Waals surface area contributed by atoms with Crippen LogP contribution < -0.4 is 10.2 Å². The van der Waals surface area contributed by atoms with Crippen LogP contribution in [0.3, 0.4) is 0 Å². The van der Waals surface area contributed by atoms with Crippen molar-refractivity contribution < 1.29 is 19.2 Å². The van der Waals surface area contributed by atoms with Gasteiger partial charge in [-0.3, -0.25) is 34.3 Å². The van der Waals surface area contributed by atoms with Gasteiger partial charge in [0.1, 0.15) is 6.04 Å². The predicted molar refractivity (Wildman–Crippen MR) is 160 cm³/mol. The van der Waals surface area contributed by atoms with Gasteiger partial charge in [-0.15, -0.1) is 0 Å². The zero-order valence-electron chi connectivity index (χ0n) is 24.0. The van der Waals surface area contributed by atoms with Crippen molar-refractivity contribution in [3.8, 4) is 0 Å². The maximum absolute atomic E-state index is 13.4. The summed E-state index contributed by atoms with van der Waals surface area (Å²) in [4.78, 5) is 56.7. The monoisotopic (exact) mass is 564 g/mol. The van der Waals surface area contributed by atoms with Gasteiger partial charge in [0.25, 0.3) is 5.91 Å². The van der Waals surface area contributed by atoms with E-state index >= 15 is 0 Å². The van der Waals surface area contributed by atoms with Crippen LogP contribution in [0.15, 0.2) is 54.6 Å². The molecule has 0 bridgehead atoms. The first-order valence-electron chi connectivity index (χ1n) is 15.1. The minimum atomic E-state index is -0.682. The predicted octanol–water partition coefficient (Wildman–Crippen LogP) is 4.03. The number of hydrogen-bond donors (Lipinski definition) is 1. The minimum Gasteiger partial charge on any atom is -0.340 e. The summed E-state index contributed by atoms with van der Waals surface area (Å²) in [5.41, 5.74) is 4.80. The van der Waals surface area contributed by atoms with E-state index < -0.39 is 11.9 Å². The maximum atomic E-state index is 13.4. The molecule has 3 heterocycles. The lowest BCUT2D eigenvalue weighted by atomic mass is 9.69. The van der Waals surface area contributed by atoms with Crippen LogP contribution in [0.1, 0.15) is 66.1 Å². The number of carbonyl (C=O) groups excluding carboxylic acids is 4. The second kappa shape index (κ2) is 10.3. The molecule has 8 heteroatoms. The van der Waals surface area contributed by atoms with Crippen molar-refractivity contribution in [2.75, 3.05) is 31.1 Å². The molecule has 8 nitrogen and oxygen atoms in total. The summed E-state index contributed by atoms with van der Waals surface area (Å²) in [6.07, 6.45) is 4.50. The summed E-state index contributed by atoms with van der Waals surface area (Å²) >= 11 is 0. The highest BCUT2D eigenvalue weighted by molar-refractivity contribution is 6.27. The number of benzene rings is 3. The number of nitrogens with zero attached hydrogens (tertiary/aromatic N) is 3. The van der Waals surface area contributed by atoms with Crippen LogP contribution in [0.2, 0.25) is 0 Å². The average Bonchev–Trinajstić information content (AvgIpc) is 3.26. The molecule has 0 radical (unpaired) electrons. The molecule has 3 aromatic carbocycles. The molecule has 3 aliphatic heterocycles. The Labute approximate surface area is 245 Å². The summed E-state index contributed by atoms with van der Waals surface area (Å²) in [6.45, 7) is 6.41. The third kappa shape index (κ3) is 4.58. The molecule has 1 saturated carbocycles. The highest BCUT2D eigenvalue weighted by Gasteiger charge is 2.43. The number of piperidine rings is 1. The summed E-state index contributed by atoms with van der Waals surface area (Å²) in [5.74, 6) is -0.550. The van der Waals surface area contributed by atoms with Crippen LogP contribution in [0, 0.1) is 5.41 Å².